The fraction of sp³-hybridized carbons (Fsp3) is 0.250. The average Bonchev–Trinajstić information content (AvgIpc) is 3.03. The lowest BCUT2D eigenvalue weighted by atomic mass is 10.0. The van der Waals surface area contributed by atoms with Crippen LogP contribution in [0.4, 0.5) is 9.80 Å². The molecule has 8 heteroatoms. The molecule has 2 aromatic rings. The van der Waals surface area contributed by atoms with E-state index in [0.717, 1.165) is 21.8 Å². The molecular formula is C20H18ClN3O2S2. The molecule has 0 atom stereocenters. The summed E-state index contributed by atoms with van der Waals surface area (Å²) in [6, 6.07) is 9.44. The van der Waals surface area contributed by atoms with E-state index in [9.17, 15) is 14.9 Å². The Morgan fingerprint density at radius 3 is 2.93 bits per heavy atom. The summed E-state index contributed by atoms with van der Waals surface area (Å²) in [6.07, 6.45) is 3.66. The van der Waals surface area contributed by atoms with Gasteiger partial charge in [-0.1, -0.05) is 48.5 Å². The van der Waals surface area contributed by atoms with E-state index in [1.807, 2.05) is 25.1 Å². The Balaban J connectivity index is 1.75. The first-order chi connectivity index (χ1) is 13.5. The third kappa shape index (κ3) is 4.58. The van der Waals surface area contributed by atoms with Crippen LogP contribution in [0.5, 0.6) is 0 Å². The van der Waals surface area contributed by atoms with Crippen molar-refractivity contribution in [1.82, 2.24) is 4.90 Å². The molecule has 0 unspecified atom stereocenters. The molecule has 1 aliphatic rings. The van der Waals surface area contributed by atoms with Crippen LogP contribution >= 0.6 is 34.7 Å². The minimum Gasteiger partial charge on any atom is -0.328 e. The average molecular weight is 432 g/mol. The van der Waals surface area contributed by atoms with E-state index in [0.29, 0.717) is 35.1 Å². The van der Waals surface area contributed by atoms with Crippen molar-refractivity contribution in [2.24, 2.45) is 0 Å². The summed E-state index contributed by atoms with van der Waals surface area (Å²) < 4.78 is 0. The van der Waals surface area contributed by atoms with Crippen LogP contribution in [-0.4, -0.2) is 28.3 Å². The van der Waals surface area contributed by atoms with Crippen molar-refractivity contribution >= 4 is 56.9 Å². The molecule has 0 bridgehead atoms. The number of fused-ring (bicyclic) bond motifs is 1. The van der Waals surface area contributed by atoms with Crippen LogP contribution in [0.25, 0.3) is 6.08 Å². The van der Waals surface area contributed by atoms with Gasteiger partial charge >= 0.3 is 0 Å². The molecule has 3 rings (SSSR count). The Labute approximate surface area is 177 Å². The van der Waals surface area contributed by atoms with E-state index < -0.39 is 0 Å². The van der Waals surface area contributed by atoms with Crippen LogP contribution in [0, 0.1) is 11.3 Å². The molecular weight excluding hydrogens is 414 g/mol. The minimum atomic E-state index is -0.329. The maximum Gasteiger partial charge on any atom is 0.281 e. The van der Waals surface area contributed by atoms with E-state index in [4.69, 9.17) is 11.6 Å². The Morgan fingerprint density at radius 1 is 1.43 bits per heavy atom. The first-order valence-electron chi connectivity index (χ1n) is 8.73. The van der Waals surface area contributed by atoms with Gasteiger partial charge < -0.3 is 10.2 Å². The molecule has 1 aliphatic heterocycles. The first kappa shape index (κ1) is 20.5. The van der Waals surface area contributed by atoms with Crippen molar-refractivity contribution in [1.29, 1.82) is 5.26 Å². The standard InChI is InChI=1S/C20H18ClN3O2S2/c1-2-27-20(26)24-10-9-14-15(11-22)19(28-17(14)12-24)23-18(25)8-7-13-5-3-4-6-16(13)21/h3-8H,2,9-10,12H2,1H3,(H,23,25). The number of nitriles is 1. The maximum absolute atomic E-state index is 12.3. The third-order valence-electron chi connectivity index (χ3n) is 4.25. The van der Waals surface area contributed by atoms with E-state index in [2.05, 4.69) is 11.4 Å². The molecule has 1 N–H and O–H groups in total. The second-order valence-corrected chi connectivity index (χ2v) is 8.76. The number of rotatable bonds is 4. The monoisotopic (exact) mass is 431 g/mol. The van der Waals surface area contributed by atoms with Gasteiger partial charge in [-0.3, -0.25) is 9.59 Å². The molecule has 0 saturated heterocycles. The van der Waals surface area contributed by atoms with Gasteiger partial charge in [-0.15, -0.1) is 11.3 Å². The van der Waals surface area contributed by atoms with E-state index in [1.165, 1.54) is 29.2 Å². The van der Waals surface area contributed by atoms with Crippen LogP contribution in [0.15, 0.2) is 30.3 Å². The number of nitrogens with one attached hydrogen (secondary N) is 1. The number of anilines is 1. The van der Waals surface area contributed by atoms with E-state index in [-0.39, 0.29) is 11.1 Å². The number of hydrogen-bond acceptors (Lipinski definition) is 5. The van der Waals surface area contributed by atoms with Crippen molar-refractivity contribution in [3.63, 3.8) is 0 Å². The molecule has 0 radical (unpaired) electrons. The van der Waals surface area contributed by atoms with E-state index >= 15 is 0 Å². The van der Waals surface area contributed by atoms with Gasteiger partial charge in [-0.25, -0.2) is 0 Å². The van der Waals surface area contributed by atoms with Crippen LogP contribution in [0.1, 0.15) is 28.5 Å². The van der Waals surface area contributed by atoms with Crippen LogP contribution < -0.4 is 5.32 Å². The Kier molecular flexibility index (Phi) is 6.79. The molecule has 5 nitrogen and oxygen atoms in total. The largest absolute Gasteiger partial charge is 0.328 e. The minimum absolute atomic E-state index is 0.0494. The van der Waals surface area contributed by atoms with Crippen molar-refractivity contribution in [2.75, 3.05) is 17.6 Å². The number of hydrogen-bond donors (Lipinski definition) is 1. The number of nitrogens with zero attached hydrogens (tertiary/aromatic N) is 2. The van der Waals surface area contributed by atoms with Gasteiger partial charge in [0.25, 0.3) is 5.24 Å². The number of thiophene rings is 1. The summed E-state index contributed by atoms with van der Waals surface area (Å²) in [5, 5.41) is 13.5. The topological polar surface area (TPSA) is 73.2 Å². The lowest BCUT2D eigenvalue weighted by Gasteiger charge is -2.26. The number of carbonyl (C=O) groups excluding carboxylic acids is 2. The highest BCUT2D eigenvalue weighted by atomic mass is 35.5. The summed E-state index contributed by atoms with van der Waals surface area (Å²) in [7, 11) is 0. The van der Waals surface area contributed by atoms with Crippen molar-refractivity contribution in [2.45, 2.75) is 19.9 Å². The van der Waals surface area contributed by atoms with Crippen LogP contribution in [0.3, 0.4) is 0 Å². The smallest absolute Gasteiger partial charge is 0.281 e. The molecule has 2 amide bonds. The van der Waals surface area contributed by atoms with Gasteiger partial charge in [0.2, 0.25) is 5.91 Å². The Morgan fingerprint density at radius 2 is 2.21 bits per heavy atom. The number of halogens is 1. The van der Waals surface area contributed by atoms with Crippen molar-refractivity contribution in [3.8, 4) is 6.07 Å². The SMILES string of the molecule is CCSC(=O)N1CCc2c(sc(NC(=O)C=Cc3ccccc3Cl)c2C#N)C1. The number of benzene rings is 1. The molecule has 0 saturated carbocycles. The molecule has 28 heavy (non-hydrogen) atoms. The fourth-order valence-corrected chi connectivity index (χ4v) is 4.91. The number of amides is 2. The maximum atomic E-state index is 12.3. The van der Waals surface area contributed by atoms with Crippen molar-refractivity contribution < 1.29 is 9.59 Å². The zero-order valence-corrected chi connectivity index (χ0v) is 17.6. The molecule has 2 heterocycles. The highest BCUT2D eigenvalue weighted by molar-refractivity contribution is 8.13. The van der Waals surface area contributed by atoms with Gasteiger partial charge in [0.1, 0.15) is 11.1 Å². The Hall–Kier alpha value is -2.27. The van der Waals surface area contributed by atoms with Gasteiger partial charge in [-0.2, -0.15) is 5.26 Å². The molecule has 1 aromatic heterocycles. The third-order valence-corrected chi connectivity index (χ3v) is 6.52. The first-order valence-corrected chi connectivity index (χ1v) is 10.9. The van der Waals surface area contributed by atoms with Gasteiger partial charge in [0, 0.05) is 22.5 Å². The summed E-state index contributed by atoms with van der Waals surface area (Å²) >= 11 is 8.73. The van der Waals surface area contributed by atoms with Gasteiger partial charge in [0.15, 0.2) is 0 Å². The van der Waals surface area contributed by atoms with Crippen LogP contribution in [-0.2, 0) is 17.8 Å². The molecule has 0 spiro atoms. The zero-order chi connectivity index (χ0) is 20.1. The Bertz CT molecular complexity index is 978. The normalized spacial score (nSPS) is 13.2. The highest BCUT2D eigenvalue weighted by Gasteiger charge is 2.27. The highest BCUT2D eigenvalue weighted by Crippen LogP contribution is 2.37. The second-order valence-electron chi connectivity index (χ2n) is 6.03. The number of thioether (sulfide) groups is 1. The van der Waals surface area contributed by atoms with E-state index in [1.54, 1.807) is 17.0 Å². The number of carbonyl (C=O) groups is 2. The summed E-state index contributed by atoms with van der Waals surface area (Å²) in [6.45, 7) is 3.01. The summed E-state index contributed by atoms with van der Waals surface area (Å²) in [5.74, 6) is 0.402. The summed E-state index contributed by atoms with van der Waals surface area (Å²) in [4.78, 5) is 27.2. The lowest BCUT2D eigenvalue weighted by Crippen LogP contribution is -2.32. The second kappa shape index (κ2) is 9.28. The van der Waals surface area contributed by atoms with Crippen LogP contribution in [0.2, 0.25) is 5.02 Å². The zero-order valence-electron chi connectivity index (χ0n) is 15.2. The van der Waals surface area contributed by atoms with Gasteiger partial charge in [-0.05, 0) is 35.4 Å². The van der Waals surface area contributed by atoms with Gasteiger partial charge in [0.05, 0.1) is 12.1 Å². The summed E-state index contributed by atoms with van der Waals surface area (Å²) in [5.41, 5.74) is 2.17. The molecule has 144 valence electrons. The predicted octanol–water partition coefficient (Wildman–Crippen LogP) is 5.16. The molecule has 1 aromatic carbocycles. The quantitative estimate of drug-likeness (QED) is 0.679. The lowest BCUT2D eigenvalue weighted by molar-refractivity contribution is -0.111. The predicted molar refractivity (Wildman–Crippen MR) is 116 cm³/mol. The molecule has 0 aliphatic carbocycles. The van der Waals surface area contributed by atoms with Crippen molar-refractivity contribution in [3.05, 3.63) is 56.9 Å². The fourth-order valence-electron chi connectivity index (χ4n) is 2.91. The molecule has 0 fully saturated rings.